The van der Waals surface area contributed by atoms with Crippen molar-refractivity contribution in [1.29, 1.82) is 0 Å². The molecule has 0 radical (unpaired) electrons. The van der Waals surface area contributed by atoms with Gasteiger partial charge in [-0.05, 0) is 29.8 Å². The molecule has 3 aromatic rings. The number of carbonyl (C=O) groups excluding carboxylic acids is 2. The summed E-state index contributed by atoms with van der Waals surface area (Å²) in [6, 6.07) is 18.9. The fourth-order valence-corrected chi connectivity index (χ4v) is 5.25. The highest BCUT2D eigenvalue weighted by molar-refractivity contribution is 7.94. The number of amides is 3. The number of nitrogens with one attached hydrogen (secondary N) is 1. The number of sulfonamides is 1. The van der Waals surface area contributed by atoms with E-state index in [1.54, 1.807) is 12.1 Å². The topological polar surface area (TPSA) is 105 Å². The van der Waals surface area contributed by atoms with Gasteiger partial charge in [0, 0.05) is 12.6 Å². The average Bonchev–Trinajstić information content (AvgIpc) is 2.85. The van der Waals surface area contributed by atoms with E-state index in [0.29, 0.717) is 10.1 Å². The molecule has 3 aromatic carbocycles. The Bertz CT molecular complexity index is 1330. The summed E-state index contributed by atoms with van der Waals surface area (Å²) in [5.41, 5.74) is 1.10. The zero-order chi connectivity index (χ0) is 24.3. The number of fused-ring (bicyclic) bond motifs is 1. The maximum absolute atomic E-state index is 13.5. The summed E-state index contributed by atoms with van der Waals surface area (Å²) >= 11 is 0. The molecular formula is C24H23N3O6S. The third kappa shape index (κ3) is 4.27. The minimum Gasteiger partial charge on any atom is -0.493 e. The van der Waals surface area contributed by atoms with Crippen LogP contribution >= 0.6 is 0 Å². The van der Waals surface area contributed by atoms with Gasteiger partial charge in [0.15, 0.2) is 11.5 Å². The SMILES string of the molecule is COc1ccc(N2C(=O)N(CC(=O)NCc3ccccc3)c3ccccc3S2(=O)=O)cc1OC. The summed E-state index contributed by atoms with van der Waals surface area (Å²) in [6.45, 7) is -0.0803. The maximum Gasteiger partial charge on any atom is 0.343 e. The molecule has 1 aliphatic heterocycles. The lowest BCUT2D eigenvalue weighted by Gasteiger charge is -2.36. The molecule has 1 heterocycles. The molecule has 0 saturated heterocycles. The lowest BCUT2D eigenvalue weighted by Crippen LogP contribution is -2.53. The first-order chi connectivity index (χ1) is 16.4. The Morgan fingerprint density at radius 2 is 1.59 bits per heavy atom. The Morgan fingerprint density at radius 3 is 2.29 bits per heavy atom. The second kappa shape index (κ2) is 9.44. The average molecular weight is 482 g/mol. The number of benzene rings is 3. The van der Waals surface area contributed by atoms with Gasteiger partial charge in [0.25, 0.3) is 10.0 Å². The van der Waals surface area contributed by atoms with Crippen LogP contribution in [0.25, 0.3) is 0 Å². The summed E-state index contributed by atoms with van der Waals surface area (Å²) in [6.07, 6.45) is 0. The van der Waals surface area contributed by atoms with E-state index in [1.165, 1.54) is 44.6 Å². The highest BCUT2D eigenvalue weighted by atomic mass is 32.2. The third-order valence-corrected chi connectivity index (χ3v) is 7.06. The van der Waals surface area contributed by atoms with Crippen LogP contribution < -0.4 is 24.0 Å². The standard InChI is InChI=1S/C24H23N3O6S/c1-32-20-13-12-18(14-21(20)33-2)27-24(29)26(19-10-6-7-11-22(19)34(27,30)31)16-23(28)25-15-17-8-4-3-5-9-17/h3-14H,15-16H2,1-2H3,(H,25,28). The summed E-state index contributed by atoms with van der Waals surface area (Å²) in [4.78, 5) is 27.3. The predicted octanol–water partition coefficient (Wildman–Crippen LogP) is 3.16. The van der Waals surface area contributed by atoms with Crippen LogP contribution in [0.4, 0.5) is 16.2 Å². The number of hydrogen-bond donors (Lipinski definition) is 1. The van der Waals surface area contributed by atoms with Crippen LogP contribution in [0.15, 0.2) is 77.7 Å². The van der Waals surface area contributed by atoms with Gasteiger partial charge >= 0.3 is 6.03 Å². The molecule has 3 amide bonds. The van der Waals surface area contributed by atoms with E-state index in [9.17, 15) is 18.0 Å². The third-order valence-electron chi connectivity index (χ3n) is 5.31. The molecule has 0 atom stereocenters. The molecule has 9 nitrogen and oxygen atoms in total. The van der Waals surface area contributed by atoms with Gasteiger partial charge in [-0.15, -0.1) is 0 Å². The molecule has 0 spiro atoms. The van der Waals surface area contributed by atoms with Gasteiger partial charge in [0.05, 0.1) is 25.6 Å². The minimum atomic E-state index is -4.24. The molecular weight excluding hydrogens is 458 g/mol. The number of urea groups is 1. The van der Waals surface area contributed by atoms with Crippen LogP contribution in [-0.4, -0.2) is 41.1 Å². The monoisotopic (exact) mass is 481 g/mol. The zero-order valence-corrected chi connectivity index (χ0v) is 19.4. The van der Waals surface area contributed by atoms with Crippen molar-refractivity contribution in [2.45, 2.75) is 11.4 Å². The summed E-state index contributed by atoms with van der Waals surface area (Å²) in [7, 11) is -1.38. The molecule has 34 heavy (non-hydrogen) atoms. The van der Waals surface area contributed by atoms with Crippen molar-refractivity contribution in [3.8, 4) is 11.5 Å². The quantitative estimate of drug-likeness (QED) is 0.556. The molecule has 10 heteroatoms. The molecule has 0 fully saturated rings. The Kier molecular flexibility index (Phi) is 6.42. The Balaban J connectivity index is 1.69. The predicted molar refractivity (Wildman–Crippen MR) is 127 cm³/mol. The van der Waals surface area contributed by atoms with E-state index < -0.39 is 22.0 Å². The fraction of sp³-hybridized carbons (Fsp3) is 0.167. The van der Waals surface area contributed by atoms with Crippen molar-refractivity contribution in [2.24, 2.45) is 0 Å². The normalized spacial score (nSPS) is 14.4. The number of rotatable bonds is 7. The number of hydrogen-bond acceptors (Lipinski definition) is 6. The molecule has 176 valence electrons. The number of carbonyl (C=O) groups is 2. The second-order valence-electron chi connectivity index (χ2n) is 7.41. The number of methoxy groups -OCH3 is 2. The molecule has 4 rings (SSSR count). The largest absolute Gasteiger partial charge is 0.493 e. The first kappa shape index (κ1) is 23.1. The van der Waals surface area contributed by atoms with Gasteiger partial charge in [-0.2, -0.15) is 4.31 Å². The van der Waals surface area contributed by atoms with Gasteiger partial charge in [-0.25, -0.2) is 13.2 Å². The zero-order valence-electron chi connectivity index (χ0n) is 18.6. The Labute approximate surface area is 197 Å². The van der Waals surface area contributed by atoms with Gasteiger partial charge in [-0.1, -0.05) is 42.5 Å². The Morgan fingerprint density at radius 1 is 0.912 bits per heavy atom. The van der Waals surface area contributed by atoms with E-state index in [-0.39, 0.29) is 35.1 Å². The highest BCUT2D eigenvalue weighted by Gasteiger charge is 2.43. The highest BCUT2D eigenvalue weighted by Crippen LogP contribution is 2.39. The van der Waals surface area contributed by atoms with E-state index in [4.69, 9.17) is 9.47 Å². The van der Waals surface area contributed by atoms with Crippen LogP contribution in [0.3, 0.4) is 0 Å². The van der Waals surface area contributed by atoms with Crippen molar-refractivity contribution < 1.29 is 27.5 Å². The smallest absolute Gasteiger partial charge is 0.343 e. The van der Waals surface area contributed by atoms with Crippen LogP contribution in [0.1, 0.15) is 5.56 Å². The second-order valence-corrected chi connectivity index (χ2v) is 9.16. The van der Waals surface area contributed by atoms with E-state index in [0.717, 1.165) is 10.5 Å². The van der Waals surface area contributed by atoms with Gasteiger partial charge < -0.3 is 14.8 Å². The van der Waals surface area contributed by atoms with E-state index in [2.05, 4.69) is 5.32 Å². The summed E-state index contributed by atoms with van der Waals surface area (Å²) in [5, 5.41) is 2.77. The molecule has 0 unspecified atom stereocenters. The molecule has 0 aromatic heterocycles. The van der Waals surface area contributed by atoms with Crippen molar-refractivity contribution in [2.75, 3.05) is 30.0 Å². The number of ether oxygens (including phenoxy) is 2. The first-order valence-corrected chi connectivity index (χ1v) is 11.8. The summed E-state index contributed by atoms with van der Waals surface area (Å²) < 4.78 is 38.0. The van der Waals surface area contributed by atoms with Crippen molar-refractivity contribution in [3.05, 3.63) is 78.4 Å². The van der Waals surface area contributed by atoms with Crippen LogP contribution in [0.2, 0.25) is 0 Å². The lowest BCUT2D eigenvalue weighted by atomic mass is 10.2. The van der Waals surface area contributed by atoms with E-state index in [1.807, 2.05) is 30.3 Å². The van der Waals surface area contributed by atoms with Gasteiger partial charge in [0.2, 0.25) is 5.91 Å². The molecule has 0 aliphatic carbocycles. The first-order valence-electron chi connectivity index (χ1n) is 10.4. The molecule has 1 N–H and O–H groups in total. The Hall–Kier alpha value is -4.05. The fourth-order valence-electron chi connectivity index (χ4n) is 3.66. The van der Waals surface area contributed by atoms with Crippen molar-refractivity contribution >= 4 is 33.3 Å². The minimum absolute atomic E-state index is 0.0619. The molecule has 0 saturated carbocycles. The van der Waals surface area contributed by atoms with Gasteiger partial charge in [-0.3, -0.25) is 9.69 Å². The van der Waals surface area contributed by atoms with E-state index >= 15 is 0 Å². The lowest BCUT2D eigenvalue weighted by molar-refractivity contribution is -0.119. The van der Waals surface area contributed by atoms with Gasteiger partial charge in [0.1, 0.15) is 11.4 Å². The van der Waals surface area contributed by atoms with Crippen LogP contribution in [0, 0.1) is 0 Å². The number of anilines is 2. The van der Waals surface area contributed by atoms with Crippen molar-refractivity contribution in [1.82, 2.24) is 5.32 Å². The van der Waals surface area contributed by atoms with Crippen LogP contribution in [-0.2, 0) is 21.4 Å². The summed E-state index contributed by atoms with van der Waals surface area (Å²) in [5.74, 6) is 0.207. The number of nitrogens with zero attached hydrogens (tertiary/aromatic N) is 2. The van der Waals surface area contributed by atoms with Crippen molar-refractivity contribution in [3.63, 3.8) is 0 Å². The number of para-hydroxylation sites is 1. The van der Waals surface area contributed by atoms with Crippen LogP contribution in [0.5, 0.6) is 11.5 Å². The molecule has 0 bridgehead atoms. The molecule has 1 aliphatic rings. The maximum atomic E-state index is 13.5.